The van der Waals surface area contributed by atoms with Crippen LogP contribution < -0.4 is 19.7 Å². The summed E-state index contributed by atoms with van der Waals surface area (Å²) in [5, 5.41) is 2.74. The number of aromatic nitrogens is 1. The lowest BCUT2D eigenvalue weighted by Gasteiger charge is -2.31. The normalized spacial score (nSPS) is 12.9. The number of aryl methyl sites for hydroxylation is 1. The number of hydrogen-bond donors (Lipinski definition) is 1. The smallest absolute Gasteiger partial charge is 0.259 e. The van der Waals surface area contributed by atoms with Crippen molar-refractivity contribution < 1.29 is 18.7 Å². The first-order chi connectivity index (χ1) is 14.9. The summed E-state index contributed by atoms with van der Waals surface area (Å²) in [6, 6.07) is 13.7. The number of benzene rings is 2. The minimum atomic E-state index is -0.533. The molecule has 3 aromatic rings. The summed E-state index contributed by atoms with van der Waals surface area (Å²) in [5.41, 5.74) is 2.55. The summed E-state index contributed by atoms with van der Waals surface area (Å²) >= 11 is 0. The van der Waals surface area contributed by atoms with E-state index in [1.54, 1.807) is 18.2 Å². The number of carbonyl (C=O) groups excluding carboxylic acids is 1. The van der Waals surface area contributed by atoms with Crippen LogP contribution in [0.25, 0.3) is 0 Å². The average molecular weight is 421 g/mol. The lowest BCUT2D eigenvalue weighted by Crippen LogP contribution is -2.30. The van der Waals surface area contributed by atoms with Gasteiger partial charge in [-0.15, -0.1) is 0 Å². The summed E-state index contributed by atoms with van der Waals surface area (Å²) in [7, 11) is 0. The Balaban J connectivity index is 1.59. The first-order valence-corrected chi connectivity index (χ1v) is 10.2. The zero-order chi connectivity index (χ0) is 22.0. The third-order valence-electron chi connectivity index (χ3n) is 4.82. The number of amides is 1. The van der Waals surface area contributed by atoms with Crippen LogP contribution >= 0.6 is 0 Å². The van der Waals surface area contributed by atoms with Gasteiger partial charge in [0.2, 0.25) is 0 Å². The molecular weight excluding hydrogens is 397 g/mol. The van der Waals surface area contributed by atoms with Gasteiger partial charge in [-0.1, -0.05) is 12.1 Å². The average Bonchev–Trinajstić information content (AvgIpc) is 2.75. The van der Waals surface area contributed by atoms with E-state index in [9.17, 15) is 9.18 Å². The lowest BCUT2D eigenvalue weighted by molar-refractivity contribution is 0.102. The van der Waals surface area contributed by atoms with Crippen molar-refractivity contribution in [2.24, 2.45) is 0 Å². The number of anilines is 3. The van der Waals surface area contributed by atoms with Gasteiger partial charge in [-0.25, -0.2) is 9.37 Å². The van der Waals surface area contributed by atoms with E-state index < -0.39 is 5.82 Å². The Labute approximate surface area is 180 Å². The molecule has 0 radical (unpaired) electrons. The third-order valence-corrected chi connectivity index (χ3v) is 4.82. The van der Waals surface area contributed by atoms with Gasteiger partial charge < -0.3 is 19.7 Å². The van der Waals surface area contributed by atoms with Gasteiger partial charge in [-0.2, -0.15) is 0 Å². The summed E-state index contributed by atoms with van der Waals surface area (Å²) in [4.78, 5) is 19.5. The van der Waals surface area contributed by atoms with Crippen LogP contribution in [0.5, 0.6) is 11.5 Å². The van der Waals surface area contributed by atoms with E-state index in [0.29, 0.717) is 30.2 Å². The fourth-order valence-electron chi connectivity index (χ4n) is 3.41. The van der Waals surface area contributed by atoms with E-state index in [4.69, 9.17) is 9.47 Å². The molecule has 7 heteroatoms. The Morgan fingerprint density at radius 2 is 2.06 bits per heavy atom. The van der Waals surface area contributed by atoms with E-state index >= 15 is 0 Å². The Morgan fingerprint density at radius 1 is 1.23 bits per heavy atom. The van der Waals surface area contributed by atoms with Gasteiger partial charge in [0.05, 0.1) is 23.9 Å². The maximum Gasteiger partial charge on any atom is 0.259 e. The molecule has 0 bridgehead atoms. The van der Waals surface area contributed by atoms with E-state index in [2.05, 4.69) is 10.3 Å². The van der Waals surface area contributed by atoms with Gasteiger partial charge >= 0.3 is 0 Å². The van der Waals surface area contributed by atoms with Crippen LogP contribution in [0.15, 0.2) is 54.7 Å². The highest BCUT2D eigenvalue weighted by atomic mass is 19.1. The molecule has 1 N–H and O–H groups in total. The number of ether oxygens (including phenoxy) is 2. The van der Waals surface area contributed by atoms with Gasteiger partial charge in [0.1, 0.15) is 12.4 Å². The van der Waals surface area contributed by atoms with E-state index in [1.165, 1.54) is 12.1 Å². The molecule has 2 aromatic carbocycles. The molecule has 0 unspecified atom stereocenters. The quantitative estimate of drug-likeness (QED) is 0.621. The maximum atomic E-state index is 14.3. The van der Waals surface area contributed by atoms with Crippen molar-refractivity contribution in [3.63, 3.8) is 0 Å². The number of hydrogen-bond acceptors (Lipinski definition) is 5. The van der Waals surface area contributed by atoms with Crippen LogP contribution in [0.2, 0.25) is 0 Å². The van der Waals surface area contributed by atoms with Crippen LogP contribution in [0, 0.1) is 12.7 Å². The number of para-hydroxylation sites is 1. The fraction of sp³-hybridized carbons (Fsp3) is 0.250. The monoisotopic (exact) mass is 421 g/mol. The first kappa shape index (κ1) is 20.7. The molecule has 0 saturated carbocycles. The second-order valence-electron chi connectivity index (χ2n) is 7.61. The van der Waals surface area contributed by atoms with E-state index in [-0.39, 0.29) is 17.8 Å². The number of halogens is 1. The molecule has 0 fully saturated rings. The Kier molecular flexibility index (Phi) is 5.75. The number of nitrogens with one attached hydrogen (secondary N) is 1. The van der Waals surface area contributed by atoms with Gasteiger partial charge in [-0.3, -0.25) is 4.79 Å². The molecule has 1 aliphatic heterocycles. The molecule has 2 heterocycles. The predicted octanol–water partition coefficient (Wildman–Crippen LogP) is 5.10. The molecule has 6 nitrogen and oxygen atoms in total. The number of nitrogens with zero attached hydrogens (tertiary/aromatic N) is 2. The largest absolute Gasteiger partial charge is 0.489 e. The minimum Gasteiger partial charge on any atom is -0.489 e. The molecule has 31 heavy (non-hydrogen) atoms. The summed E-state index contributed by atoms with van der Waals surface area (Å²) < 4.78 is 25.5. The van der Waals surface area contributed by atoms with Gasteiger partial charge in [0.15, 0.2) is 17.3 Å². The zero-order valence-corrected chi connectivity index (χ0v) is 17.7. The lowest BCUT2D eigenvalue weighted by atomic mass is 10.1. The van der Waals surface area contributed by atoms with Crippen LogP contribution in [-0.2, 0) is 0 Å². The summed E-state index contributed by atoms with van der Waals surface area (Å²) in [6.07, 6.45) is 1.66. The van der Waals surface area contributed by atoms with Gasteiger partial charge in [0, 0.05) is 18.0 Å². The Morgan fingerprint density at radius 3 is 2.77 bits per heavy atom. The molecule has 0 atom stereocenters. The number of carbonyl (C=O) groups is 1. The molecule has 0 aliphatic carbocycles. The molecule has 160 valence electrons. The highest BCUT2D eigenvalue weighted by Crippen LogP contribution is 2.38. The molecule has 4 rings (SSSR count). The van der Waals surface area contributed by atoms with Crippen LogP contribution in [0.4, 0.5) is 21.6 Å². The van der Waals surface area contributed by atoms with Crippen molar-refractivity contribution in [3.05, 3.63) is 71.7 Å². The maximum absolute atomic E-state index is 14.3. The van der Waals surface area contributed by atoms with Crippen molar-refractivity contribution in [2.75, 3.05) is 23.4 Å². The van der Waals surface area contributed by atoms with Crippen molar-refractivity contribution in [1.29, 1.82) is 0 Å². The number of rotatable bonds is 5. The molecule has 1 aliphatic rings. The minimum absolute atomic E-state index is 0.145. The van der Waals surface area contributed by atoms with E-state index in [0.717, 1.165) is 17.1 Å². The van der Waals surface area contributed by atoms with Gasteiger partial charge in [0.25, 0.3) is 5.91 Å². The first-order valence-electron chi connectivity index (χ1n) is 10.2. The SMILES string of the molecule is Cc1ccc(N2CCOc3c(C(=O)Nc4ccc(OC(C)C)c(F)c4)cccc32)nc1. The highest BCUT2D eigenvalue weighted by Gasteiger charge is 2.25. The van der Waals surface area contributed by atoms with E-state index in [1.807, 2.05) is 50.1 Å². The second-order valence-corrected chi connectivity index (χ2v) is 7.61. The second kappa shape index (κ2) is 8.63. The van der Waals surface area contributed by atoms with Crippen molar-refractivity contribution in [2.45, 2.75) is 26.9 Å². The van der Waals surface area contributed by atoms with Crippen LogP contribution in [0.1, 0.15) is 29.8 Å². The van der Waals surface area contributed by atoms with Crippen molar-refractivity contribution >= 4 is 23.1 Å². The summed E-state index contributed by atoms with van der Waals surface area (Å²) in [6.45, 7) is 6.67. The number of pyridine rings is 1. The standard InChI is InChI=1S/C24H24FN3O3/c1-15(2)31-21-9-8-17(13-19(21)25)27-24(29)18-5-4-6-20-23(18)30-12-11-28(20)22-10-7-16(3)14-26-22/h4-10,13-15H,11-12H2,1-3H3,(H,27,29). The number of fused-ring (bicyclic) bond motifs is 1. The molecule has 1 aromatic heterocycles. The molecule has 1 amide bonds. The molecule has 0 spiro atoms. The fourth-order valence-corrected chi connectivity index (χ4v) is 3.41. The van der Waals surface area contributed by atoms with Crippen molar-refractivity contribution in [1.82, 2.24) is 4.98 Å². The van der Waals surface area contributed by atoms with Crippen LogP contribution in [-0.4, -0.2) is 30.1 Å². The summed E-state index contributed by atoms with van der Waals surface area (Å²) in [5.74, 6) is 0.501. The zero-order valence-electron chi connectivity index (χ0n) is 17.7. The third kappa shape index (κ3) is 4.45. The van der Waals surface area contributed by atoms with Crippen molar-refractivity contribution in [3.8, 4) is 11.5 Å². The van der Waals surface area contributed by atoms with Gasteiger partial charge in [-0.05, 0) is 56.7 Å². The Hall–Kier alpha value is -3.61. The van der Waals surface area contributed by atoms with Crippen LogP contribution in [0.3, 0.4) is 0 Å². The predicted molar refractivity (Wildman–Crippen MR) is 118 cm³/mol. The Bertz CT molecular complexity index is 1100. The molecule has 0 saturated heterocycles. The topological polar surface area (TPSA) is 63.7 Å². The highest BCUT2D eigenvalue weighted by molar-refractivity contribution is 6.07. The molecular formula is C24H24FN3O3.